The third-order valence-corrected chi connectivity index (χ3v) is 5.33. The minimum Gasteiger partial charge on any atom is -0.289 e. The highest BCUT2D eigenvalue weighted by Gasteiger charge is 2.14. The van der Waals surface area contributed by atoms with E-state index in [0.717, 1.165) is 22.3 Å². The maximum absolute atomic E-state index is 13.0. The summed E-state index contributed by atoms with van der Waals surface area (Å²) in [6.07, 6.45) is 2.97. The van der Waals surface area contributed by atoms with Crippen molar-refractivity contribution in [2.24, 2.45) is 5.10 Å². The second-order valence-electron chi connectivity index (χ2n) is 6.58. The smallest absolute Gasteiger partial charge is 0.263 e. The Bertz CT molecular complexity index is 1240. The first-order valence-electron chi connectivity index (χ1n) is 9.02. The van der Waals surface area contributed by atoms with E-state index < -0.39 is 5.91 Å². The number of aromatic nitrogens is 2. The lowest BCUT2D eigenvalue weighted by atomic mass is 10.1. The minimum atomic E-state index is -0.395. The molecule has 4 rings (SSSR count). The molecule has 6 nitrogen and oxygen atoms in total. The first kappa shape index (κ1) is 18.8. The Morgan fingerprint density at radius 3 is 2.69 bits per heavy atom. The van der Waals surface area contributed by atoms with Gasteiger partial charge in [-0.25, -0.2) is 10.4 Å². The van der Waals surface area contributed by atoms with Crippen LogP contribution in [0.2, 0.25) is 0 Å². The molecule has 29 heavy (non-hydrogen) atoms. The Hall–Kier alpha value is -3.58. The van der Waals surface area contributed by atoms with Gasteiger partial charge in [0.05, 0.1) is 17.9 Å². The van der Waals surface area contributed by atoms with Crippen LogP contribution in [0.4, 0.5) is 0 Å². The Labute approximate surface area is 171 Å². The van der Waals surface area contributed by atoms with E-state index in [-0.39, 0.29) is 12.1 Å². The quantitative estimate of drug-likeness (QED) is 0.409. The molecule has 0 fully saturated rings. The number of hydrazone groups is 1. The number of fused-ring (bicyclic) bond motifs is 1. The number of amides is 1. The first-order chi connectivity index (χ1) is 14.1. The highest BCUT2D eigenvalue weighted by atomic mass is 32.1. The second-order valence-corrected chi connectivity index (χ2v) is 7.44. The van der Waals surface area contributed by atoms with Gasteiger partial charge in [-0.05, 0) is 18.1 Å². The van der Waals surface area contributed by atoms with Crippen molar-refractivity contribution >= 4 is 33.7 Å². The van der Waals surface area contributed by atoms with Crippen molar-refractivity contribution in [1.29, 1.82) is 0 Å². The summed E-state index contributed by atoms with van der Waals surface area (Å²) < 4.78 is 1.30. The van der Waals surface area contributed by atoms with Gasteiger partial charge in [0.25, 0.3) is 11.5 Å². The third kappa shape index (κ3) is 4.14. The lowest BCUT2D eigenvalue weighted by Crippen LogP contribution is -2.30. The van der Waals surface area contributed by atoms with Crippen molar-refractivity contribution in [1.82, 2.24) is 15.0 Å². The van der Waals surface area contributed by atoms with Crippen LogP contribution in [0.3, 0.4) is 0 Å². The standard InChI is InChI=1S/C22H18N4O2S/c1-15-7-9-16(10-8-15)11-24-25-19(27)12-26-14-23-21-20(22(26)28)18(13-29-21)17-5-3-2-4-6-17/h2-11,13-14H,12H2,1H3,(H,25,27). The van der Waals surface area contributed by atoms with Gasteiger partial charge >= 0.3 is 0 Å². The Morgan fingerprint density at radius 2 is 1.93 bits per heavy atom. The van der Waals surface area contributed by atoms with Crippen LogP contribution in [-0.4, -0.2) is 21.7 Å². The van der Waals surface area contributed by atoms with Crippen molar-refractivity contribution in [3.05, 3.63) is 87.8 Å². The van der Waals surface area contributed by atoms with E-state index in [1.165, 1.54) is 22.2 Å². The number of carbonyl (C=O) groups excluding carboxylic acids is 1. The molecule has 1 N–H and O–H groups in total. The molecule has 2 heterocycles. The zero-order chi connectivity index (χ0) is 20.2. The number of hydrogen-bond donors (Lipinski definition) is 1. The van der Waals surface area contributed by atoms with Gasteiger partial charge in [-0.1, -0.05) is 60.2 Å². The number of rotatable bonds is 5. The maximum atomic E-state index is 13.0. The summed E-state index contributed by atoms with van der Waals surface area (Å²) in [5, 5.41) is 6.41. The van der Waals surface area contributed by atoms with Gasteiger partial charge in [0.15, 0.2) is 0 Å². The Morgan fingerprint density at radius 1 is 1.17 bits per heavy atom. The molecule has 0 aliphatic carbocycles. The molecular formula is C22H18N4O2S. The number of hydrogen-bond acceptors (Lipinski definition) is 5. The van der Waals surface area contributed by atoms with Gasteiger partial charge in [0.2, 0.25) is 0 Å². The van der Waals surface area contributed by atoms with Crippen molar-refractivity contribution in [3.8, 4) is 11.1 Å². The van der Waals surface area contributed by atoms with Crippen molar-refractivity contribution in [2.75, 3.05) is 0 Å². The van der Waals surface area contributed by atoms with Gasteiger partial charge in [0, 0.05) is 10.9 Å². The molecule has 144 valence electrons. The first-order valence-corrected chi connectivity index (χ1v) is 9.90. The Balaban J connectivity index is 1.53. The van der Waals surface area contributed by atoms with E-state index in [1.807, 2.05) is 66.9 Å². The van der Waals surface area contributed by atoms with E-state index in [1.54, 1.807) is 6.21 Å². The predicted molar refractivity (Wildman–Crippen MR) is 116 cm³/mol. The topological polar surface area (TPSA) is 76.3 Å². The monoisotopic (exact) mass is 402 g/mol. The molecule has 0 saturated heterocycles. The van der Waals surface area contributed by atoms with Crippen molar-refractivity contribution in [2.45, 2.75) is 13.5 Å². The molecule has 1 amide bonds. The predicted octanol–water partition coefficient (Wildman–Crippen LogP) is 3.58. The largest absolute Gasteiger partial charge is 0.289 e. The normalized spacial score (nSPS) is 11.2. The van der Waals surface area contributed by atoms with E-state index in [2.05, 4.69) is 15.5 Å². The zero-order valence-electron chi connectivity index (χ0n) is 15.7. The molecule has 0 radical (unpaired) electrons. The van der Waals surface area contributed by atoms with Crippen LogP contribution in [0.15, 0.2) is 76.2 Å². The van der Waals surface area contributed by atoms with Crippen LogP contribution in [0.1, 0.15) is 11.1 Å². The summed E-state index contributed by atoms with van der Waals surface area (Å²) in [6.45, 7) is 1.85. The number of nitrogens with one attached hydrogen (secondary N) is 1. The van der Waals surface area contributed by atoms with Crippen LogP contribution in [-0.2, 0) is 11.3 Å². The summed E-state index contributed by atoms with van der Waals surface area (Å²) in [5.41, 5.74) is 6.01. The SMILES string of the molecule is Cc1ccc(C=NNC(=O)Cn2cnc3scc(-c4ccccc4)c3c2=O)cc1. The molecule has 0 spiro atoms. The number of thiophene rings is 1. The van der Waals surface area contributed by atoms with Crippen LogP contribution in [0, 0.1) is 6.92 Å². The number of benzene rings is 2. The van der Waals surface area contributed by atoms with E-state index in [9.17, 15) is 9.59 Å². The third-order valence-electron chi connectivity index (χ3n) is 4.44. The zero-order valence-corrected chi connectivity index (χ0v) is 16.5. The molecule has 0 aliphatic rings. The molecule has 7 heteroatoms. The van der Waals surface area contributed by atoms with Gasteiger partial charge in [-0.2, -0.15) is 5.10 Å². The van der Waals surface area contributed by atoms with Crippen LogP contribution >= 0.6 is 11.3 Å². The van der Waals surface area contributed by atoms with E-state index in [4.69, 9.17) is 0 Å². The molecule has 2 aromatic carbocycles. The van der Waals surface area contributed by atoms with Crippen molar-refractivity contribution in [3.63, 3.8) is 0 Å². The summed E-state index contributed by atoms with van der Waals surface area (Å²) in [5.74, 6) is -0.395. The number of carbonyl (C=O) groups is 1. The van der Waals surface area contributed by atoms with Crippen LogP contribution < -0.4 is 11.0 Å². The van der Waals surface area contributed by atoms with Crippen LogP contribution in [0.25, 0.3) is 21.3 Å². The van der Waals surface area contributed by atoms with E-state index >= 15 is 0 Å². The molecule has 0 aliphatic heterocycles. The molecular weight excluding hydrogens is 384 g/mol. The highest BCUT2D eigenvalue weighted by Crippen LogP contribution is 2.30. The van der Waals surface area contributed by atoms with Crippen molar-refractivity contribution < 1.29 is 4.79 Å². The fourth-order valence-electron chi connectivity index (χ4n) is 2.93. The molecule has 0 unspecified atom stereocenters. The second kappa shape index (κ2) is 8.20. The van der Waals surface area contributed by atoms with Gasteiger partial charge < -0.3 is 0 Å². The maximum Gasteiger partial charge on any atom is 0.263 e. The number of nitrogens with zero attached hydrogens (tertiary/aromatic N) is 3. The summed E-state index contributed by atoms with van der Waals surface area (Å²) in [6, 6.07) is 17.4. The molecule has 0 bridgehead atoms. The molecule has 4 aromatic rings. The lowest BCUT2D eigenvalue weighted by molar-refractivity contribution is -0.121. The lowest BCUT2D eigenvalue weighted by Gasteiger charge is -2.05. The average molecular weight is 402 g/mol. The Kier molecular flexibility index (Phi) is 5.31. The molecule has 0 atom stereocenters. The minimum absolute atomic E-state index is 0.156. The fourth-order valence-corrected chi connectivity index (χ4v) is 3.84. The summed E-state index contributed by atoms with van der Waals surface area (Å²) >= 11 is 1.41. The fraction of sp³-hybridized carbons (Fsp3) is 0.0909. The average Bonchev–Trinajstić information content (AvgIpc) is 3.17. The molecule has 2 aromatic heterocycles. The molecule has 0 saturated carbocycles. The van der Waals surface area contributed by atoms with Gasteiger partial charge in [-0.15, -0.1) is 11.3 Å². The van der Waals surface area contributed by atoms with Gasteiger partial charge in [-0.3, -0.25) is 14.2 Å². The van der Waals surface area contributed by atoms with Gasteiger partial charge in [0.1, 0.15) is 11.4 Å². The highest BCUT2D eigenvalue weighted by molar-refractivity contribution is 7.17. The summed E-state index contributed by atoms with van der Waals surface area (Å²) in [4.78, 5) is 30.2. The van der Waals surface area contributed by atoms with E-state index in [0.29, 0.717) is 10.2 Å². The summed E-state index contributed by atoms with van der Waals surface area (Å²) in [7, 11) is 0. The van der Waals surface area contributed by atoms with Crippen LogP contribution in [0.5, 0.6) is 0 Å². The number of aryl methyl sites for hydroxylation is 1.